The largest absolute Gasteiger partial charge is 0.504 e. The molecule has 0 radical (unpaired) electrons. The average molecular weight is 694 g/mol. The normalized spacial score (nSPS) is 14.5. The number of hydrogen-bond donors (Lipinski definition) is 3. The van der Waals surface area contributed by atoms with Crippen LogP contribution in [0.25, 0.3) is 0 Å². The number of aromatic nitrogens is 2. The van der Waals surface area contributed by atoms with Crippen LogP contribution in [0.5, 0.6) is 5.75 Å². The second kappa shape index (κ2) is 16.3. The van der Waals surface area contributed by atoms with Crippen LogP contribution in [0.2, 0.25) is 5.02 Å². The van der Waals surface area contributed by atoms with Crippen molar-refractivity contribution in [3.63, 3.8) is 0 Å². The van der Waals surface area contributed by atoms with Crippen LogP contribution in [0, 0.1) is 6.92 Å². The van der Waals surface area contributed by atoms with Gasteiger partial charge in [-0.3, -0.25) is 14.4 Å². The summed E-state index contributed by atoms with van der Waals surface area (Å²) in [6, 6.07) is 2.55. The van der Waals surface area contributed by atoms with Gasteiger partial charge in [0.2, 0.25) is 5.91 Å². The van der Waals surface area contributed by atoms with Gasteiger partial charge in [-0.05, 0) is 44.5 Å². The minimum absolute atomic E-state index is 0.0372. The summed E-state index contributed by atoms with van der Waals surface area (Å²) in [6.07, 6.45) is 0.233. The Kier molecular flexibility index (Phi) is 12.8. The number of allylic oxidation sites excluding steroid dienone is 2. The molecule has 0 aliphatic carbocycles. The number of aliphatic imine (C=N–C) groups is 1. The SMILES string of the molecule is CC=C(/N=C/N/C(CC)=C(\C(=O)N(C)CC(=O)Nc1ccc(C(F)(F)F)cc1Cl)N1CCN(C(=O)c2ncnc(C)c2O)CC1)N(C)C. The van der Waals surface area contributed by atoms with Crippen molar-refractivity contribution in [3.8, 4) is 5.75 Å². The van der Waals surface area contributed by atoms with Crippen molar-refractivity contribution in [2.24, 2.45) is 4.99 Å². The van der Waals surface area contributed by atoms with E-state index in [9.17, 15) is 32.7 Å². The maximum Gasteiger partial charge on any atom is 0.416 e. The lowest BCUT2D eigenvalue weighted by atomic mass is 10.1. The molecule has 1 saturated heterocycles. The second-order valence-corrected chi connectivity index (χ2v) is 11.4. The van der Waals surface area contributed by atoms with Gasteiger partial charge >= 0.3 is 6.18 Å². The number of piperazine rings is 1. The highest BCUT2D eigenvalue weighted by Gasteiger charge is 2.33. The molecule has 0 spiro atoms. The van der Waals surface area contributed by atoms with Gasteiger partial charge in [0.15, 0.2) is 11.4 Å². The van der Waals surface area contributed by atoms with Crippen LogP contribution in [0.15, 0.2) is 52.8 Å². The average Bonchev–Trinajstić information content (AvgIpc) is 3.03. The molecule has 48 heavy (non-hydrogen) atoms. The highest BCUT2D eigenvalue weighted by atomic mass is 35.5. The Morgan fingerprint density at radius 3 is 2.31 bits per heavy atom. The van der Waals surface area contributed by atoms with Crippen LogP contribution in [-0.2, 0) is 15.8 Å². The first kappa shape index (κ1) is 37.6. The topological polar surface area (TPSA) is 147 Å². The number of alkyl halides is 3. The molecule has 17 heteroatoms. The minimum atomic E-state index is -4.60. The number of hydrogen-bond acceptors (Lipinski definition) is 9. The van der Waals surface area contributed by atoms with Crippen LogP contribution in [0.1, 0.15) is 42.0 Å². The molecule has 0 bridgehead atoms. The van der Waals surface area contributed by atoms with Crippen molar-refractivity contribution in [2.45, 2.75) is 33.4 Å². The Bertz CT molecular complexity index is 1600. The van der Waals surface area contributed by atoms with Crippen molar-refractivity contribution < 1.29 is 32.7 Å². The molecule has 2 heterocycles. The fourth-order valence-corrected chi connectivity index (χ4v) is 5.00. The molecular formula is C31H39ClF3N9O4. The molecule has 3 rings (SSSR count). The van der Waals surface area contributed by atoms with Gasteiger partial charge in [-0.25, -0.2) is 15.0 Å². The fraction of sp³-hybridized carbons (Fsp3) is 0.419. The highest BCUT2D eigenvalue weighted by Crippen LogP contribution is 2.33. The van der Waals surface area contributed by atoms with Crippen LogP contribution in [0.3, 0.4) is 0 Å². The highest BCUT2D eigenvalue weighted by molar-refractivity contribution is 6.33. The van der Waals surface area contributed by atoms with Crippen molar-refractivity contribution in [2.75, 3.05) is 59.2 Å². The smallest absolute Gasteiger partial charge is 0.416 e. The molecule has 1 aliphatic rings. The number of benzene rings is 1. The summed E-state index contributed by atoms with van der Waals surface area (Å²) < 4.78 is 39.1. The predicted octanol–water partition coefficient (Wildman–Crippen LogP) is 3.68. The third-order valence-electron chi connectivity index (χ3n) is 7.38. The Labute approximate surface area is 281 Å². The molecule has 0 atom stereocenters. The maximum absolute atomic E-state index is 14.0. The van der Waals surface area contributed by atoms with E-state index < -0.39 is 36.0 Å². The third-order valence-corrected chi connectivity index (χ3v) is 7.70. The third kappa shape index (κ3) is 9.36. The first-order chi connectivity index (χ1) is 22.6. The molecule has 1 aromatic heterocycles. The van der Waals surface area contributed by atoms with Crippen LogP contribution < -0.4 is 10.6 Å². The molecule has 0 saturated carbocycles. The van der Waals surface area contributed by atoms with Gasteiger partial charge in [0.05, 0.1) is 34.9 Å². The van der Waals surface area contributed by atoms with E-state index in [1.54, 1.807) is 11.8 Å². The van der Waals surface area contributed by atoms with E-state index in [0.717, 1.165) is 12.1 Å². The van der Waals surface area contributed by atoms with Gasteiger partial charge in [0.25, 0.3) is 11.8 Å². The summed E-state index contributed by atoms with van der Waals surface area (Å²) in [5, 5.41) is 15.6. The van der Waals surface area contributed by atoms with E-state index >= 15 is 0 Å². The van der Waals surface area contributed by atoms with Crippen molar-refractivity contribution in [1.82, 2.24) is 34.9 Å². The number of amides is 3. The van der Waals surface area contributed by atoms with Gasteiger partial charge in [0, 0.05) is 53.0 Å². The summed E-state index contributed by atoms with van der Waals surface area (Å²) in [4.78, 5) is 58.6. The summed E-state index contributed by atoms with van der Waals surface area (Å²) in [5.74, 6) is -1.32. The number of nitrogens with one attached hydrogen (secondary N) is 2. The molecule has 3 N–H and O–H groups in total. The molecule has 2 aromatic rings. The van der Waals surface area contributed by atoms with Crippen molar-refractivity contribution in [1.29, 1.82) is 0 Å². The van der Waals surface area contributed by atoms with Crippen LogP contribution in [-0.4, -0.2) is 113 Å². The number of aromatic hydroxyl groups is 1. The Morgan fingerprint density at radius 2 is 1.75 bits per heavy atom. The first-order valence-electron chi connectivity index (χ1n) is 14.9. The van der Waals surface area contributed by atoms with Gasteiger partial charge in [0.1, 0.15) is 17.8 Å². The Hall–Kier alpha value is -4.86. The Balaban J connectivity index is 1.84. The van der Waals surface area contributed by atoms with Crippen LogP contribution >= 0.6 is 11.6 Å². The lowest BCUT2D eigenvalue weighted by Crippen LogP contribution is -2.51. The number of halogens is 4. The molecule has 1 aliphatic heterocycles. The molecule has 260 valence electrons. The van der Waals surface area contributed by atoms with E-state index in [-0.39, 0.29) is 59.7 Å². The summed E-state index contributed by atoms with van der Waals surface area (Å²) in [5.41, 5.74) is -0.106. The fourth-order valence-electron chi connectivity index (χ4n) is 4.77. The van der Waals surface area contributed by atoms with Gasteiger partial charge in [-0.1, -0.05) is 18.5 Å². The molecule has 1 fully saturated rings. The van der Waals surface area contributed by atoms with Gasteiger partial charge in [-0.2, -0.15) is 13.2 Å². The summed E-state index contributed by atoms with van der Waals surface area (Å²) >= 11 is 6.00. The van der Waals surface area contributed by atoms with Gasteiger partial charge < -0.3 is 35.3 Å². The molecule has 13 nitrogen and oxygen atoms in total. The number of rotatable bonds is 11. The zero-order valence-corrected chi connectivity index (χ0v) is 28.3. The second-order valence-electron chi connectivity index (χ2n) is 11.0. The Morgan fingerprint density at radius 1 is 1.10 bits per heavy atom. The molecule has 3 amide bonds. The van der Waals surface area contributed by atoms with E-state index in [0.29, 0.717) is 24.0 Å². The monoisotopic (exact) mass is 693 g/mol. The molecule has 0 unspecified atom stereocenters. The van der Waals surface area contributed by atoms with Crippen molar-refractivity contribution in [3.05, 3.63) is 69.8 Å². The number of likely N-dealkylation sites (N-methyl/N-ethyl adjacent to an activating group) is 1. The number of carbonyl (C=O) groups is 3. The van der Waals surface area contributed by atoms with Crippen molar-refractivity contribution >= 4 is 41.3 Å². The maximum atomic E-state index is 14.0. The molecule has 1 aromatic carbocycles. The standard InChI is InChI=1S/C31H39ClF3N9O4/c1-7-22(37-18-38-24(8-2)41(4)5)27(43-11-13-44(14-12-43)29(47)26-28(46)19(3)36-17-39-26)30(48)42(6)16-25(45)40-23-10-9-20(15-21(23)32)31(33,34)35/h8-10,15,17-18,46H,7,11-14,16H2,1-6H3,(H,37,38)(H,40,45)/b24-8?,27-22+. The first-order valence-corrected chi connectivity index (χ1v) is 15.3. The van der Waals surface area contributed by atoms with E-state index in [4.69, 9.17) is 11.6 Å². The number of anilines is 1. The lowest BCUT2D eigenvalue weighted by Gasteiger charge is -2.38. The van der Waals surface area contributed by atoms with E-state index in [1.807, 2.05) is 38.9 Å². The minimum Gasteiger partial charge on any atom is -0.504 e. The quantitative estimate of drug-likeness (QED) is 0.182. The van der Waals surface area contributed by atoms with E-state index in [2.05, 4.69) is 25.6 Å². The zero-order chi connectivity index (χ0) is 35.8. The lowest BCUT2D eigenvalue weighted by molar-refractivity contribution is -0.137. The summed E-state index contributed by atoms with van der Waals surface area (Å²) in [6.45, 7) is 5.65. The number of nitrogens with zero attached hydrogens (tertiary/aromatic N) is 7. The number of aryl methyl sites for hydroxylation is 1. The predicted molar refractivity (Wildman–Crippen MR) is 175 cm³/mol. The van der Waals surface area contributed by atoms with Crippen LogP contribution in [0.4, 0.5) is 18.9 Å². The number of carbonyl (C=O) groups excluding carboxylic acids is 3. The summed E-state index contributed by atoms with van der Waals surface area (Å²) in [7, 11) is 5.08. The zero-order valence-electron chi connectivity index (χ0n) is 27.5. The van der Waals surface area contributed by atoms with Gasteiger partial charge in [-0.15, -0.1) is 0 Å². The van der Waals surface area contributed by atoms with E-state index in [1.165, 1.54) is 29.5 Å². The molecular weight excluding hydrogens is 655 g/mol.